The summed E-state index contributed by atoms with van der Waals surface area (Å²) in [6.45, 7) is 4.82. The zero-order chi connectivity index (χ0) is 11.5. The van der Waals surface area contributed by atoms with E-state index in [1.165, 1.54) is 12.8 Å². The third-order valence-electron chi connectivity index (χ3n) is 3.52. The first-order valence-corrected chi connectivity index (χ1v) is 5.71. The molecular formula is C12H23NO2. The monoisotopic (exact) mass is 213 g/mol. The van der Waals surface area contributed by atoms with Gasteiger partial charge in [-0.3, -0.25) is 4.79 Å². The first kappa shape index (κ1) is 12.5. The molecule has 15 heavy (non-hydrogen) atoms. The summed E-state index contributed by atoms with van der Waals surface area (Å²) in [5.41, 5.74) is 0.460. The number of likely N-dealkylation sites (N-methyl/N-ethyl adjacent to an activating group) is 1. The molecule has 1 saturated carbocycles. The van der Waals surface area contributed by atoms with Crippen molar-refractivity contribution in [1.82, 2.24) is 4.90 Å². The van der Waals surface area contributed by atoms with Gasteiger partial charge in [-0.15, -0.1) is 0 Å². The fourth-order valence-corrected chi connectivity index (χ4v) is 2.20. The summed E-state index contributed by atoms with van der Waals surface area (Å²) in [5, 5.41) is 0. The summed E-state index contributed by atoms with van der Waals surface area (Å²) in [6, 6.07) is 0.417. The fourth-order valence-electron chi connectivity index (χ4n) is 2.20. The van der Waals surface area contributed by atoms with E-state index in [-0.39, 0.29) is 12.5 Å². The lowest BCUT2D eigenvalue weighted by molar-refractivity contribution is -0.136. The number of nitrogens with zero attached hydrogens (tertiary/aromatic N) is 1. The Labute approximate surface area is 92.8 Å². The lowest BCUT2D eigenvalue weighted by Crippen LogP contribution is -2.42. The number of carbonyl (C=O) groups is 1. The predicted octanol–water partition coefficient (Wildman–Crippen LogP) is 2.06. The molecule has 0 aromatic rings. The summed E-state index contributed by atoms with van der Waals surface area (Å²) >= 11 is 0. The smallest absolute Gasteiger partial charge is 0.248 e. The van der Waals surface area contributed by atoms with Crippen molar-refractivity contribution in [2.75, 3.05) is 20.8 Å². The quantitative estimate of drug-likeness (QED) is 0.718. The Bertz CT molecular complexity index is 216. The van der Waals surface area contributed by atoms with Crippen LogP contribution in [0.4, 0.5) is 0 Å². The van der Waals surface area contributed by atoms with Crippen molar-refractivity contribution in [2.45, 2.75) is 45.6 Å². The molecule has 0 spiro atoms. The van der Waals surface area contributed by atoms with Gasteiger partial charge in [0, 0.05) is 20.2 Å². The van der Waals surface area contributed by atoms with Crippen molar-refractivity contribution in [3.8, 4) is 0 Å². The third-order valence-corrected chi connectivity index (χ3v) is 3.52. The van der Waals surface area contributed by atoms with Gasteiger partial charge in [-0.1, -0.05) is 13.8 Å². The lowest BCUT2D eigenvalue weighted by Gasteiger charge is -2.38. The standard InChI is InChI=1S/C12H23NO2/c1-12(2)7-5-10(6-8-12)13(3)11(14)9-15-4/h10H,5-9H2,1-4H3. The maximum absolute atomic E-state index is 11.6. The van der Waals surface area contributed by atoms with Crippen LogP contribution in [0.5, 0.6) is 0 Å². The molecule has 0 radical (unpaired) electrons. The largest absolute Gasteiger partial charge is 0.375 e. The minimum absolute atomic E-state index is 0.0993. The Morgan fingerprint density at radius 3 is 2.40 bits per heavy atom. The summed E-state index contributed by atoms with van der Waals surface area (Å²) in [7, 11) is 3.46. The molecule has 0 atom stereocenters. The van der Waals surface area contributed by atoms with E-state index in [2.05, 4.69) is 13.8 Å². The highest BCUT2D eigenvalue weighted by Crippen LogP contribution is 2.36. The van der Waals surface area contributed by atoms with Crippen molar-refractivity contribution < 1.29 is 9.53 Å². The number of hydrogen-bond donors (Lipinski definition) is 0. The molecule has 0 unspecified atom stereocenters. The van der Waals surface area contributed by atoms with Gasteiger partial charge < -0.3 is 9.64 Å². The zero-order valence-electron chi connectivity index (χ0n) is 10.4. The molecule has 3 heteroatoms. The van der Waals surface area contributed by atoms with Gasteiger partial charge in [0.25, 0.3) is 0 Å². The Balaban J connectivity index is 2.42. The fraction of sp³-hybridized carbons (Fsp3) is 0.917. The number of ether oxygens (including phenoxy) is 1. The molecule has 0 aromatic heterocycles. The molecule has 0 aromatic carbocycles. The molecule has 0 aliphatic heterocycles. The number of hydrogen-bond acceptors (Lipinski definition) is 2. The van der Waals surface area contributed by atoms with Gasteiger partial charge in [0.15, 0.2) is 0 Å². The Morgan fingerprint density at radius 2 is 1.93 bits per heavy atom. The molecule has 0 bridgehead atoms. The summed E-state index contributed by atoms with van der Waals surface area (Å²) in [4.78, 5) is 13.5. The molecule has 1 aliphatic carbocycles. The average molecular weight is 213 g/mol. The first-order valence-electron chi connectivity index (χ1n) is 5.71. The Kier molecular flexibility index (Phi) is 4.14. The molecular weight excluding hydrogens is 190 g/mol. The van der Waals surface area contributed by atoms with E-state index in [1.807, 2.05) is 11.9 Å². The van der Waals surface area contributed by atoms with Crippen LogP contribution in [-0.4, -0.2) is 37.6 Å². The predicted molar refractivity (Wildman–Crippen MR) is 60.7 cm³/mol. The van der Waals surface area contributed by atoms with Crippen LogP contribution < -0.4 is 0 Å². The first-order chi connectivity index (χ1) is 6.96. The van der Waals surface area contributed by atoms with Gasteiger partial charge in [-0.05, 0) is 31.1 Å². The van der Waals surface area contributed by atoms with Crippen LogP contribution in [0.3, 0.4) is 0 Å². The van der Waals surface area contributed by atoms with E-state index in [0.717, 1.165) is 12.8 Å². The van der Waals surface area contributed by atoms with Gasteiger partial charge in [-0.25, -0.2) is 0 Å². The van der Waals surface area contributed by atoms with Crippen molar-refractivity contribution in [1.29, 1.82) is 0 Å². The van der Waals surface area contributed by atoms with Crippen molar-refractivity contribution >= 4 is 5.91 Å². The summed E-state index contributed by atoms with van der Waals surface area (Å²) in [6.07, 6.45) is 4.67. The maximum atomic E-state index is 11.6. The van der Waals surface area contributed by atoms with Crippen molar-refractivity contribution in [3.63, 3.8) is 0 Å². The Morgan fingerprint density at radius 1 is 1.40 bits per heavy atom. The number of methoxy groups -OCH3 is 1. The van der Waals surface area contributed by atoms with Crippen LogP contribution >= 0.6 is 0 Å². The molecule has 0 heterocycles. The van der Waals surface area contributed by atoms with Gasteiger partial charge in [0.1, 0.15) is 6.61 Å². The minimum Gasteiger partial charge on any atom is -0.375 e. The molecule has 1 aliphatic rings. The van der Waals surface area contributed by atoms with E-state index < -0.39 is 0 Å². The van der Waals surface area contributed by atoms with Crippen LogP contribution in [0.15, 0.2) is 0 Å². The second kappa shape index (κ2) is 4.97. The number of carbonyl (C=O) groups excluding carboxylic acids is 1. The van der Waals surface area contributed by atoms with Gasteiger partial charge in [-0.2, -0.15) is 0 Å². The normalized spacial score (nSPS) is 21.3. The van der Waals surface area contributed by atoms with Crippen LogP contribution in [0.1, 0.15) is 39.5 Å². The molecule has 88 valence electrons. The van der Waals surface area contributed by atoms with E-state index in [9.17, 15) is 4.79 Å². The van der Waals surface area contributed by atoms with Crippen LogP contribution in [-0.2, 0) is 9.53 Å². The van der Waals surface area contributed by atoms with E-state index in [4.69, 9.17) is 4.74 Å². The van der Waals surface area contributed by atoms with Crippen LogP contribution in [0, 0.1) is 5.41 Å². The van der Waals surface area contributed by atoms with Crippen molar-refractivity contribution in [2.24, 2.45) is 5.41 Å². The third kappa shape index (κ3) is 3.49. The zero-order valence-corrected chi connectivity index (χ0v) is 10.4. The highest BCUT2D eigenvalue weighted by Gasteiger charge is 2.30. The van der Waals surface area contributed by atoms with Crippen LogP contribution in [0.25, 0.3) is 0 Å². The number of rotatable bonds is 3. The molecule has 0 saturated heterocycles. The second-order valence-corrected chi connectivity index (χ2v) is 5.33. The SMILES string of the molecule is COCC(=O)N(C)C1CCC(C)(C)CC1. The molecule has 1 fully saturated rings. The lowest BCUT2D eigenvalue weighted by atomic mass is 9.75. The van der Waals surface area contributed by atoms with Gasteiger partial charge >= 0.3 is 0 Å². The Hall–Kier alpha value is -0.570. The molecule has 1 rings (SSSR count). The minimum atomic E-state index is 0.0993. The van der Waals surface area contributed by atoms with Gasteiger partial charge in [0.2, 0.25) is 5.91 Å². The highest BCUT2D eigenvalue weighted by atomic mass is 16.5. The van der Waals surface area contributed by atoms with Crippen LogP contribution in [0.2, 0.25) is 0 Å². The van der Waals surface area contributed by atoms with E-state index in [1.54, 1.807) is 7.11 Å². The second-order valence-electron chi connectivity index (χ2n) is 5.33. The topological polar surface area (TPSA) is 29.5 Å². The highest BCUT2D eigenvalue weighted by molar-refractivity contribution is 5.77. The average Bonchev–Trinajstić information content (AvgIpc) is 2.17. The molecule has 0 N–H and O–H groups in total. The maximum Gasteiger partial charge on any atom is 0.248 e. The van der Waals surface area contributed by atoms with Crippen molar-refractivity contribution in [3.05, 3.63) is 0 Å². The number of amides is 1. The molecule has 3 nitrogen and oxygen atoms in total. The van der Waals surface area contributed by atoms with Gasteiger partial charge in [0.05, 0.1) is 0 Å². The molecule has 1 amide bonds. The van der Waals surface area contributed by atoms with E-state index >= 15 is 0 Å². The summed E-state index contributed by atoms with van der Waals surface area (Å²) < 4.78 is 4.87. The van der Waals surface area contributed by atoms with E-state index in [0.29, 0.717) is 11.5 Å². The summed E-state index contributed by atoms with van der Waals surface area (Å²) in [5.74, 6) is 0.0993.